The molecule has 1 aromatic heterocycles. The number of ether oxygens (including phenoxy) is 1. The third-order valence-electron chi connectivity index (χ3n) is 1.15. The van der Waals surface area contributed by atoms with Crippen molar-refractivity contribution >= 4 is 5.82 Å². The molecular weight excluding hydrogens is 140 g/mol. The fraction of sp³-hybridized carbons (Fsp3) is 0.375. The van der Waals surface area contributed by atoms with Crippen LogP contribution in [0.4, 0.5) is 5.82 Å². The molecular formula is C8H10N2O. The van der Waals surface area contributed by atoms with Crippen molar-refractivity contribution in [1.29, 1.82) is 0 Å². The number of anilines is 1. The summed E-state index contributed by atoms with van der Waals surface area (Å²) in [5, 5.41) is 0. The number of nitrogens with zero attached hydrogens (tertiary/aromatic N) is 1. The van der Waals surface area contributed by atoms with Gasteiger partial charge in [-0.1, -0.05) is 6.04 Å². The zero-order chi connectivity index (χ0) is 14.8. The molecule has 0 aromatic carbocycles. The van der Waals surface area contributed by atoms with Gasteiger partial charge in [-0.15, -0.1) is 0 Å². The van der Waals surface area contributed by atoms with Crippen LogP contribution in [0, 0.1) is 0 Å². The normalized spacial score (nSPS) is 40.4. The van der Waals surface area contributed by atoms with E-state index in [2.05, 4.69) is 9.72 Å². The standard InChI is InChI=1S/C8H10N2O/c9-8-3-1-2-7(10-8)6-4-11-5-6/h1-3,6H,4-5H2,(H2,9,10)/i1D,2D,3D,4D2,5D2,6D. The van der Waals surface area contributed by atoms with Crippen molar-refractivity contribution in [3.05, 3.63) is 23.8 Å². The summed E-state index contributed by atoms with van der Waals surface area (Å²) in [5.74, 6) is -3.07. The van der Waals surface area contributed by atoms with Crippen LogP contribution in [-0.4, -0.2) is 18.1 Å². The molecule has 0 spiro atoms. The molecule has 58 valence electrons. The second-order valence-electron chi connectivity index (χ2n) is 1.90. The van der Waals surface area contributed by atoms with E-state index in [1.165, 1.54) is 0 Å². The molecule has 2 rings (SSSR count). The molecule has 0 saturated carbocycles. The highest BCUT2D eigenvalue weighted by Crippen LogP contribution is 2.22. The summed E-state index contributed by atoms with van der Waals surface area (Å²) in [7, 11) is 0. The van der Waals surface area contributed by atoms with Crippen LogP contribution in [0.3, 0.4) is 0 Å². The Hall–Kier alpha value is -1.09. The van der Waals surface area contributed by atoms with Crippen LogP contribution in [0.2, 0.25) is 0 Å². The second kappa shape index (κ2) is 2.51. The minimum absolute atomic E-state index is 0.457. The number of nitrogens with two attached hydrogens (primary N) is 1. The lowest BCUT2D eigenvalue weighted by atomic mass is 10.0. The van der Waals surface area contributed by atoms with Gasteiger partial charge in [-0.3, -0.25) is 0 Å². The van der Waals surface area contributed by atoms with Gasteiger partial charge in [0.05, 0.1) is 28.4 Å². The van der Waals surface area contributed by atoms with Crippen LogP contribution in [0.25, 0.3) is 0 Å². The Balaban J connectivity index is 2.72. The SMILES string of the molecule is [2H]c1c(N)nc(C2([2H])C([2H])([2H])OC2([2H])[2H])c([2H])c1[2H]. The predicted octanol–water partition coefficient (Wildman–Crippen LogP) is 0.778. The van der Waals surface area contributed by atoms with Crippen molar-refractivity contribution in [3.8, 4) is 0 Å². The maximum Gasteiger partial charge on any atom is 0.123 e. The Morgan fingerprint density at radius 3 is 3.36 bits per heavy atom. The van der Waals surface area contributed by atoms with E-state index in [1.54, 1.807) is 0 Å². The number of hydrogen-bond acceptors (Lipinski definition) is 3. The van der Waals surface area contributed by atoms with E-state index >= 15 is 0 Å². The summed E-state index contributed by atoms with van der Waals surface area (Å²) in [4.78, 5) is 3.55. The number of pyridine rings is 1. The molecule has 3 nitrogen and oxygen atoms in total. The molecule has 1 fully saturated rings. The number of rotatable bonds is 1. The van der Waals surface area contributed by atoms with Gasteiger partial charge in [0.25, 0.3) is 0 Å². The molecule has 0 atom stereocenters. The highest BCUT2D eigenvalue weighted by atomic mass is 16.5. The van der Waals surface area contributed by atoms with Crippen LogP contribution in [0.1, 0.15) is 22.6 Å². The van der Waals surface area contributed by atoms with Crippen LogP contribution in [0.15, 0.2) is 18.1 Å². The molecule has 3 heteroatoms. The van der Waals surface area contributed by atoms with E-state index in [1.807, 2.05) is 0 Å². The van der Waals surface area contributed by atoms with Gasteiger partial charge in [0, 0.05) is 7.26 Å². The Bertz CT molecular complexity index is 546. The highest BCUT2D eigenvalue weighted by molar-refractivity contribution is 5.30. The lowest BCUT2D eigenvalue weighted by molar-refractivity contribution is 0.00678. The Kier molecular flexibility index (Phi) is 0.502. The second-order valence-corrected chi connectivity index (χ2v) is 1.90. The van der Waals surface area contributed by atoms with Crippen molar-refractivity contribution in [2.75, 3.05) is 18.9 Å². The van der Waals surface area contributed by atoms with E-state index < -0.39 is 48.7 Å². The molecule has 0 amide bonds. The zero-order valence-corrected chi connectivity index (χ0v) is 5.43. The van der Waals surface area contributed by atoms with E-state index in [-0.39, 0.29) is 0 Å². The van der Waals surface area contributed by atoms with E-state index in [0.717, 1.165) is 0 Å². The molecule has 2 N–H and O–H groups in total. The van der Waals surface area contributed by atoms with Crippen molar-refractivity contribution in [2.24, 2.45) is 0 Å². The van der Waals surface area contributed by atoms with E-state index in [4.69, 9.17) is 16.7 Å². The maximum absolute atomic E-state index is 7.96. The van der Waals surface area contributed by atoms with Gasteiger partial charge in [0.1, 0.15) is 5.82 Å². The minimum atomic E-state index is -2.71. The summed E-state index contributed by atoms with van der Waals surface area (Å²) >= 11 is 0. The molecule has 2 heterocycles. The number of nitrogen functional groups attached to an aromatic ring is 1. The Labute approximate surface area is 76.4 Å². The minimum Gasteiger partial charge on any atom is -0.384 e. The van der Waals surface area contributed by atoms with Gasteiger partial charge in [-0.25, -0.2) is 4.98 Å². The summed E-state index contributed by atoms with van der Waals surface area (Å²) in [5.41, 5.74) is 4.73. The van der Waals surface area contributed by atoms with Gasteiger partial charge in [0.2, 0.25) is 0 Å². The third kappa shape index (κ3) is 1.19. The smallest absolute Gasteiger partial charge is 0.123 e. The lowest BCUT2D eigenvalue weighted by Gasteiger charge is -2.25. The van der Waals surface area contributed by atoms with Crippen LogP contribution >= 0.6 is 0 Å². The first-order chi connectivity index (χ1) is 8.46. The molecule has 11 heavy (non-hydrogen) atoms. The highest BCUT2D eigenvalue weighted by Gasteiger charge is 2.21. The van der Waals surface area contributed by atoms with Crippen molar-refractivity contribution in [3.63, 3.8) is 0 Å². The molecule has 0 bridgehead atoms. The summed E-state index contributed by atoms with van der Waals surface area (Å²) in [6, 6.07) is -1.85. The Morgan fingerprint density at radius 1 is 1.82 bits per heavy atom. The van der Waals surface area contributed by atoms with E-state index in [9.17, 15) is 0 Å². The van der Waals surface area contributed by atoms with Crippen LogP contribution < -0.4 is 5.73 Å². The monoisotopic (exact) mass is 158 g/mol. The molecule has 0 aliphatic carbocycles. The van der Waals surface area contributed by atoms with Gasteiger partial charge in [-0.2, -0.15) is 0 Å². The van der Waals surface area contributed by atoms with Gasteiger partial charge < -0.3 is 10.5 Å². The summed E-state index contributed by atoms with van der Waals surface area (Å²) in [6.07, 6.45) is 0. The van der Waals surface area contributed by atoms with Crippen LogP contribution in [0.5, 0.6) is 0 Å². The topological polar surface area (TPSA) is 48.1 Å². The Morgan fingerprint density at radius 2 is 2.64 bits per heavy atom. The number of hydrogen-bond donors (Lipinski definition) is 1. The van der Waals surface area contributed by atoms with Crippen molar-refractivity contribution in [2.45, 2.75) is 5.89 Å². The molecule has 1 aromatic rings. The molecule has 1 aliphatic rings. The first-order valence-electron chi connectivity index (χ1n) is 6.89. The first kappa shape index (κ1) is 2.20. The lowest BCUT2D eigenvalue weighted by Crippen LogP contribution is -2.26. The van der Waals surface area contributed by atoms with Crippen molar-refractivity contribution in [1.82, 2.24) is 4.98 Å². The quantitative estimate of drug-likeness (QED) is 0.657. The fourth-order valence-corrected chi connectivity index (χ4v) is 0.648. The average molecular weight is 158 g/mol. The summed E-state index contributed by atoms with van der Waals surface area (Å²) in [6.45, 7) is -5.41. The fourth-order valence-electron chi connectivity index (χ4n) is 0.648. The van der Waals surface area contributed by atoms with Gasteiger partial charge >= 0.3 is 0 Å². The van der Waals surface area contributed by atoms with Crippen molar-refractivity contribution < 1.29 is 15.7 Å². The van der Waals surface area contributed by atoms with Crippen LogP contribution in [-0.2, 0) is 4.74 Å². The van der Waals surface area contributed by atoms with E-state index in [0.29, 0.717) is 0 Å². The first-order valence-corrected chi connectivity index (χ1v) is 2.89. The average Bonchev–Trinajstić information content (AvgIpc) is 2.28. The molecule has 0 radical (unpaired) electrons. The largest absolute Gasteiger partial charge is 0.384 e. The van der Waals surface area contributed by atoms with Gasteiger partial charge in [0.15, 0.2) is 0 Å². The summed E-state index contributed by atoms with van der Waals surface area (Å²) < 4.78 is 64.6. The maximum atomic E-state index is 7.96. The molecule has 0 unspecified atom stereocenters. The number of aromatic nitrogens is 1. The predicted molar refractivity (Wildman–Crippen MR) is 42.2 cm³/mol. The molecule has 1 aliphatic heterocycles. The molecule has 1 saturated heterocycles. The zero-order valence-electron chi connectivity index (χ0n) is 13.4. The van der Waals surface area contributed by atoms with Gasteiger partial charge in [-0.05, 0) is 12.1 Å². The third-order valence-corrected chi connectivity index (χ3v) is 1.15.